The lowest BCUT2D eigenvalue weighted by Gasteiger charge is -2.17. The molecule has 0 aromatic carbocycles. The third kappa shape index (κ3) is 10.5. The Hall–Kier alpha value is -1.43. The number of esters is 2. The molecule has 0 amide bonds. The van der Waals surface area contributed by atoms with E-state index in [1.54, 1.807) is 6.92 Å². The first-order chi connectivity index (χ1) is 13.1. The second kappa shape index (κ2) is 14.6. The first kappa shape index (κ1) is 23.6. The van der Waals surface area contributed by atoms with Crippen molar-refractivity contribution in [2.24, 2.45) is 5.92 Å². The molecule has 1 atom stereocenters. The molecule has 0 aliphatic heterocycles. The maximum absolute atomic E-state index is 12.2. The van der Waals surface area contributed by atoms with E-state index in [0.29, 0.717) is 44.8 Å². The van der Waals surface area contributed by atoms with Crippen LogP contribution in [0.15, 0.2) is 0 Å². The molecule has 1 N–H and O–H groups in total. The average Bonchev–Trinajstić information content (AvgIpc) is 3.18. The average molecular weight is 384 g/mol. The summed E-state index contributed by atoms with van der Waals surface area (Å²) in [4.78, 5) is 35.6. The number of ketones is 1. The van der Waals surface area contributed by atoms with E-state index in [9.17, 15) is 14.4 Å². The van der Waals surface area contributed by atoms with Gasteiger partial charge < -0.3 is 14.8 Å². The molecule has 0 spiro atoms. The van der Waals surface area contributed by atoms with E-state index in [-0.39, 0.29) is 23.9 Å². The Morgan fingerprint density at radius 2 is 1.59 bits per heavy atom. The lowest BCUT2D eigenvalue weighted by Crippen LogP contribution is -2.39. The minimum Gasteiger partial charge on any atom is -0.466 e. The zero-order valence-corrected chi connectivity index (χ0v) is 17.1. The van der Waals surface area contributed by atoms with Crippen molar-refractivity contribution in [2.75, 3.05) is 19.8 Å². The Bertz CT molecular complexity index is 446. The van der Waals surface area contributed by atoms with Crippen molar-refractivity contribution >= 4 is 17.7 Å². The zero-order valence-electron chi connectivity index (χ0n) is 17.1. The molecule has 6 nitrogen and oxygen atoms in total. The Kier molecular flexibility index (Phi) is 12.8. The van der Waals surface area contributed by atoms with Crippen LogP contribution in [0.1, 0.15) is 84.5 Å². The molecule has 0 bridgehead atoms. The fourth-order valence-corrected chi connectivity index (χ4v) is 3.57. The zero-order chi connectivity index (χ0) is 19.9. The van der Waals surface area contributed by atoms with Crippen LogP contribution in [-0.2, 0) is 23.9 Å². The van der Waals surface area contributed by atoms with Crippen LogP contribution in [0.5, 0.6) is 0 Å². The predicted octanol–water partition coefficient (Wildman–Crippen LogP) is 3.56. The van der Waals surface area contributed by atoms with E-state index in [2.05, 4.69) is 5.32 Å². The molecule has 156 valence electrons. The van der Waals surface area contributed by atoms with Crippen LogP contribution in [0, 0.1) is 5.92 Å². The maximum Gasteiger partial charge on any atom is 0.323 e. The number of carbonyl (C=O) groups is 3. The molecule has 27 heavy (non-hydrogen) atoms. The van der Waals surface area contributed by atoms with Crippen molar-refractivity contribution in [1.29, 1.82) is 0 Å². The van der Waals surface area contributed by atoms with Crippen LogP contribution in [0.3, 0.4) is 0 Å². The SMILES string of the molecule is CCOC(=O)CCCCCCC(NCCC(=O)C1CCCC1)C(=O)OCC. The third-order valence-electron chi connectivity index (χ3n) is 5.07. The lowest BCUT2D eigenvalue weighted by molar-refractivity contribution is -0.146. The Morgan fingerprint density at radius 3 is 2.26 bits per heavy atom. The quantitative estimate of drug-likeness (QED) is 0.344. The minimum atomic E-state index is -0.355. The molecular formula is C21H37NO5. The normalized spacial score (nSPS) is 15.5. The molecular weight excluding hydrogens is 346 g/mol. The molecule has 0 aromatic heterocycles. The number of hydrogen-bond donors (Lipinski definition) is 1. The van der Waals surface area contributed by atoms with Crippen LogP contribution in [0.4, 0.5) is 0 Å². The monoisotopic (exact) mass is 383 g/mol. The van der Waals surface area contributed by atoms with Gasteiger partial charge in [-0.15, -0.1) is 0 Å². The molecule has 1 aliphatic carbocycles. The third-order valence-corrected chi connectivity index (χ3v) is 5.07. The van der Waals surface area contributed by atoms with Crippen molar-refractivity contribution < 1.29 is 23.9 Å². The van der Waals surface area contributed by atoms with E-state index in [4.69, 9.17) is 9.47 Å². The van der Waals surface area contributed by atoms with Gasteiger partial charge in [-0.3, -0.25) is 14.4 Å². The first-order valence-corrected chi connectivity index (χ1v) is 10.7. The summed E-state index contributed by atoms with van der Waals surface area (Å²) < 4.78 is 10.1. The number of ether oxygens (including phenoxy) is 2. The van der Waals surface area contributed by atoms with Crippen LogP contribution in [0.2, 0.25) is 0 Å². The lowest BCUT2D eigenvalue weighted by atomic mass is 10.00. The molecule has 0 heterocycles. The van der Waals surface area contributed by atoms with Crippen molar-refractivity contribution in [3.8, 4) is 0 Å². The standard InChI is InChI=1S/C21H37NO5/c1-3-26-20(24)14-8-6-5-7-13-18(21(25)27-4-2)22-16-15-19(23)17-11-9-10-12-17/h17-18,22H,3-16H2,1-2H3. The Morgan fingerprint density at radius 1 is 0.926 bits per heavy atom. The first-order valence-electron chi connectivity index (χ1n) is 10.7. The highest BCUT2D eigenvalue weighted by Crippen LogP contribution is 2.26. The topological polar surface area (TPSA) is 81.7 Å². The van der Waals surface area contributed by atoms with Gasteiger partial charge in [0, 0.05) is 25.3 Å². The van der Waals surface area contributed by atoms with Gasteiger partial charge in [0.05, 0.1) is 13.2 Å². The van der Waals surface area contributed by atoms with Gasteiger partial charge in [0.25, 0.3) is 0 Å². The van der Waals surface area contributed by atoms with Gasteiger partial charge in [-0.1, -0.05) is 32.1 Å². The van der Waals surface area contributed by atoms with Crippen LogP contribution >= 0.6 is 0 Å². The highest BCUT2D eigenvalue weighted by Gasteiger charge is 2.23. The number of nitrogens with one attached hydrogen (secondary N) is 1. The Balaban J connectivity index is 2.22. The van der Waals surface area contributed by atoms with Gasteiger partial charge in [0.2, 0.25) is 0 Å². The summed E-state index contributed by atoms with van der Waals surface area (Å²) in [5.74, 6) is 0.168. The van der Waals surface area contributed by atoms with E-state index >= 15 is 0 Å². The molecule has 1 saturated carbocycles. The molecule has 1 unspecified atom stereocenters. The summed E-state index contributed by atoms with van der Waals surface area (Å²) in [5, 5.41) is 3.22. The molecule has 0 saturated heterocycles. The van der Waals surface area contributed by atoms with Gasteiger partial charge in [-0.05, 0) is 39.5 Å². The van der Waals surface area contributed by atoms with E-state index in [1.165, 1.54) is 0 Å². The van der Waals surface area contributed by atoms with Crippen molar-refractivity contribution in [3.63, 3.8) is 0 Å². The summed E-state index contributed by atoms with van der Waals surface area (Å²) in [5.41, 5.74) is 0. The Labute approximate surface area is 163 Å². The molecule has 0 radical (unpaired) electrons. The molecule has 1 fully saturated rings. The van der Waals surface area contributed by atoms with E-state index < -0.39 is 0 Å². The number of carbonyl (C=O) groups excluding carboxylic acids is 3. The van der Waals surface area contributed by atoms with Gasteiger partial charge in [-0.25, -0.2) is 0 Å². The number of Topliss-reactive ketones (excluding diaryl/α,β-unsaturated/α-hetero) is 1. The van der Waals surface area contributed by atoms with Crippen molar-refractivity contribution in [1.82, 2.24) is 5.32 Å². The molecule has 0 aromatic rings. The largest absolute Gasteiger partial charge is 0.466 e. The smallest absolute Gasteiger partial charge is 0.323 e. The minimum absolute atomic E-state index is 0.143. The van der Waals surface area contributed by atoms with E-state index in [1.807, 2.05) is 6.92 Å². The van der Waals surface area contributed by atoms with Gasteiger partial charge in [-0.2, -0.15) is 0 Å². The van der Waals surface area contributed by atoms with Crippen molar-refractivity contribution in [3.05, 3.63) is 0 Å². The number of hydrogen-bond acceptors (Lipinski definition) is 6. The summed E-state index contributed by atoms with van der Waals surface area (Å²) in [6, 6.07) is -0.355. The number of unbranched alkanes of at least 4 members (excludes halogenated alkanes) is 3. The predicted molar refractivity (Wildman–Crippen MR) is 104 cm³/mol. The molecule has 1 rings (SSSR count). The van der Waals surface area contributed by atoms with Gasteiger partial charge in [0.15, 0.2) is 0 Å². The summed E-state index contributed by atoms with van der Waals surface area (Å²) >= 11 is 0. The fraction of sp³-hybridized carbons (Fsp3) is 0.857. The molecule has 6 heteroatoms. The summed E-state index contributed by atoms with van der Waals surface area (Å²) in [6.45, 7) is 4.92. The van der Waals surface area contributed by atoms with Crippen LogP contribution in [-0.4, -0.2) is 43.5 Å². The highest BCUT2D eigenvalue weighted by atomic mass is 16.5. The van der Waals surface area contributed by atoms with Crippen LogP contribution < -0.4 is 5.32 Å². The van der Waals surface area contributed by atoms with E-state index in [0.717, 1.165) is 51.4 Å². The van der Waals surface area contributed by atoms with Crippen molar-refractivity contribution in [2.45, 2.75) is 90.5 Å². The van der Waals surface area contributed by atoms with Crippen LogP contribution in [0.25, 0.3) is 0 Å². The maximum atomic E-state index is 12.2. The second-order valence-electron chi connectivity index (χ2n) is 7.21. The summed E-state index contributed by atoms with van der Waals surface area (Å²) in [7, 11) is 0. The second-order valence-corrected chi connectivity index (χ2v) is 7.21. The fourth-order valence-electron chi connectivity index (χ4n) is 3.57. The highest BCUT2D eigenvalue weighted by molar-refractivity contribution is 5.81. The van der Waals surface area contributed by atoms with Gasteiger partial charge >= 0.3 is 11.9 Å². The van der Waals surface area contributed by atoms with Gasteiger partial charge in [0.1, 0.15) is 11.8 Å². The summed E-state index contributed by atoms with van der Waals surface area (Å²) in [6.07, 6.45) is 9.58. The number of rotatable bonds is 15. The molecule has 1 aliphatic rings.